The molecule has 0 aromatic heterocycles. The van der Waals surface area contributed by atoms with Crippen LogP contribution in [0.4, 0.5) is 4.79 Å². The van der Waals surface area contributed by atoms with E-state index in [0.29, 0.717) is 5.92 Å². The zero-order valence-corrected chi connectivity index (χ0v) is 11.5. The van der Waals surface area contributed by atoms with Gasteiger partial charge < -0.3 is 19.9 Å². The zero-order chi connectivity index (χ0) is 15.0. The first-order chi connectivity index (χ1) is 10.0. The van der Waals surface area contributed by atoms with Crippen molar-refractivity contribution in [3.63, 3.8) is 0 Å². The van der Waals surface area contributed by atoms with Crippen LogP contribution in [-0.2, 0) is 14.3 Å². The molecule has 1 heterocycles. The number of carbonyl (C=O) groups excluding carboxylic acids is 1. The maximum Gasteiger partial charge on any atom is 0.511 e. The van der Waals surface area contributed by atoms with Gasteiger partial charge in [0.25, 0.3) is 0 Å². The number of nitrogens with one attached hydrogen (secondary N) is 1. The SMILES string of the molecule is Cc1ccc([C@@H]2C[C@H]2NC2=C(OC(=O)O)C(=O)CO2)cc1. The Morgan fingerprint density at radius 3 is 2.76 bits per heavy atom. The summed E-state index contributed by atoms with van der Waals surface area (Å²) in [4.78, 5) is 22.1. The van der Waals surface area contributed by atoms with Crippen LogP contribution in [0.1, 0.15) is 23.5 Å². The molecule has 1 saturated carbocycles. The Morgan fingerprint density at radius 2 is 2.10 bits per heavy atom. The van der Waals surface area contributed by atoms with Crippen LogP contribution in [0, 0.1) is 6.92 Å². The molecule has 0 saturated heterocycles. The summed E-state index contributed by atoms with van der Waals surface area (Å²) in [5.41, 5.74) is 2.41. The molecule has 2 atom stereocenters. The molecular formula is C15H15NO5. The van der Waals surface area contributed by atoms with Gasteiger partial charge in [0.2, 0.25) is 17.4 Å². The Hall–Kier alpha value is -2.50. The number of aryl methyl sites for hydroxylation is 1. The van der Waals surface area contributed by atoms with Gasteiger partial charge in [-0.2, -0.15) is 0 Å². The molecular weight excluding hydrogens is 274 g/mol. The van der Waals surface area contributed by atoms with Crippen molar-refractivity contribution in [2.45, 2.75) is 25.3 Å². The summed E-state index contributed by atoms with van der Waals surface area (Å²) in [5.74, 6) is -0.255. The molecule has 1 aromatic rings. The Kier molecular flexibility index (Phi) is 3.29. The van der Waals surface area contributed by atoms with Crippen molar-refractivity contribution in [3.8, 4) is 0 Å². The number of ketones is 1. The smallest absolute Gasteiger partial charge is 0.468 e. The van der Waals surface area contributed by atoms with Crippen LogP contribution >= 0.6 is 0 Å². The van der Waals surface area contributed by atoms with E-state index in [-0.39, 0.29) is 24.3 Å². The molecule has 2 aliphatic rings. The molecule has 6 heteroatoms. The number of ether oxygens (including phenoxy) is 2. The van der Waals surface area contributed by atoms with Crippen molar-refractivity contribution in [2.24, 2.45) is 0 Å². The lowest BCUT2D eigenvalue weighted by molar-refractivity contribution is -0.118. The predicted molar refractivity (Wildman–Crippen MR) is 72.6 cm³/mol. The maximum atomic E-state index is 11.5. The van der Waals surface area contributed by atoms with E-state index in [1.807, 2.05) is 6.92 Å². The number of hydrogen-bond donors (Lipinski definition) is 2. The third kappa shape index (κ3) is 2.84. The largest absolute Gasteiger partial charge is 0.511 e. The molecule has 1 fully saturated rings. The zero-order valence-electron chi connectivity index (χ0n) is 11.5. The third-order valence-corrected chi connectivity index (χ3v) is 3.61. The van der Waals surface area contributed by atoms with Gasteiger partial charge in [-0.3, -0.25) is 4.79 Å². The highest BCUT2D eigenvalue weighted by atomic mass is 16.7. The number of Topliss-reactive ketones (excluding diaryl/α,β-unsaturated/α-hetero) is 1. The standard InChI is InChI=1S/C15H15NO5/c1-8-2-4-9(5-3-8)10-6-11(10)16-14-13(21-15(18)19)12(17)7-20-14/h2-5,10-11,16H,6-7H2,1H3,(H,18,19)/t10-,11+/m0/s1. The number of rotatable bonds is 4. The summed E-state index contributed by atoms with van der Waals surface area (Å²) in [6.07, 6.45) is -0.612. The third-order valence-electron chi connectivity index (χ3n) is 3.61. The van der Waals surface area contributed by atoms with Crippen LogP contribution in [0.2, 0.25) is 0 Å². The van der Waals surface area contributed by atoms with E-state index in [1.54, 1.807) is 0 Å². The Labute approximate surface area is 121 Å². The summed E-state index contributed by atoms with van der Waals surface area (Å²) < 4.78 is 9.64. The van der Waals surface area contributed by atoms with Crippen molar-refractivity contribution in [3.05, 3.63) is 47.0 Å². The molecule has 110 valence electrons. The first-order valence-electron chi connectivity index (χ1n) is 6.69. The van der Waals surface area contributed by atoms with Crippen LogP contribution in [-0.4, -0.2) is 29.7 Å². The van der Waals surface area contributed by atoms with E-state index in [1.165, 1.54) is 11.1 Å². The van der Waals surface area contributed by atoms with Crippen LogP contribution in [0.3, 0.4) is 0 Å². The second kappa shape index (κ2) is 5.12. The van der Waals surface area contributed by atoms with Gasteiger partial charge in [-0.25, -0.2) is 4.79 Å². The van der Waals surface area contributed by atoms with E-state index in [2.05, 4.69) is 34.3 Å². The highest BCUT2D eigenvalue weighted by molar-refractivity contribution is 5.98. The monoisotopic (exact) mass is 289 g/mol. The molecule has 3 rings (SSSR count). The fraction of sp³-hybridized carbons (Fsp3) is 0.333. The van der Waals surface area contributed by atoms with Crippen LogP contribution in [0.15, 0.2) is 35.9 Å². The lowest BCUT2D eigenvalue weighted by Gasteiger charge is -2.08. The highest BCUT2D eigenvalue weighted by Gasteiger charge is 2.41. The molecule has 2 N–H and O–H groups in total. The Bertz CT molecular complexity index is 619. The van der Waals surface area contributed by atoms with Crippen LogP contribution < -0.4 is 5.32 Å². The highest BCUT2D eigenvalue weighted by Crippen LogP contribution is 2.41. The summed E-state index contributed by atoms with van der Waals surface area (Å²) in [6.45, 7) is 1.84. The molecule has 0 unspecified atom stereocenters. The molecule has 1 aliphatic heterocycles. The minimum absolute atomic E-state index is 0.126. The fourth-order valence-electron chi connectivity index (χ4n) is 2.40. The van der Waals surface area contributed by atoms with E-state index >= 15 is 0 Å². The minimum Gasteiger partial charge on any atom is -0.468 e. The number of hydrogen-bond acceptors (Lipinski definition) is 5. The first-order valence-corrected chi connectivity index (χ1v) is 6.69. The summed E-state index contributed by atoms with van der Waals surface area (Å²) in [5, 5.41) is 11.7. The second-order valence-electron chi connectivity index (χ2n) is 5.24. The molecule has 1 aromatic carbocycles. The molecule has 21 heavy (non-hydrogen) atoms. The van der Waals surface area contributed by atoms with Gasteiger partial charge in [0.05, 0.1) is 0 Å². The van der Waals surface area contributed by atoms with E-state index < -0.39 is 11.9 Å². The molecule has 0 radical (unpaired) electrons. The van der Waals surface area contributed by atoms with Gasteiger partial charge in [0.15, 0.2) is 6.61 Å². The van der Waals surface area contributed by atoms with Crippen molar-refractivity contribution < 1.29 is 24.2 Å². The summed E-state index contributed by atoms with van der Waals surface area (Å²) in [7, 11) is 0. The first kappa shape index (κ1) is 13.5. The van der Waals surface area contributed by atoms with Crippen LogP contribution in [0.5, 0.6) is 0 Å². The van der Waals surface area contributed by atoms with Gasteiger partial charge >= 0.3 is 6.16 Å². The normalized spacial score (nSPS) is 23.8. The average Bonchev–Trinajstić information content (AvgIpc) is 3.12. The second-order valence-corrected chi connectivity index (χ2v) is 5.24. The quantitative estimate of drug-likeness (QED) is 0.824. The van der Waals surface area contributed by atoms with E-state index in [4.69, 9.17) is 9.84 Å². The van der Waals surface area contributed by atoms with Crippen molar-refractivity contribution in [1.82, 2.24) is 5.32 Å². The van der Waals surface area contributed by atoms with Gasteiger partial charge in [-0.15, -0.1) is 0 Å². The minimum atomic E-state index is -1.52. The average molecular weight is 289 g/mol. The van der Waals surface area contributed by atoms with Crippen molar-refractivity contribution in [2.75, 3.05) is 6.61 Å². The van der Waals surface area contributed by atoms with Crippen LogP contribution in [0.25, 0.3) is 0 Å². The fourth-order valence-corrected chi connectivity index (χ4v) is 2.40. The molecule has 0 spiro atoms. The van der Waals surface area contributed by atoms with Crippen molar-refractivity contribution >= 4 is 11.9 Å². The predicted octanol–water partition coefficient (Wildman–Crippen LogP) is 1.90. The van der Waals surface area contributed by atoms with E-state index in [9.17, 15) is 9.59 Å². The Morgan fingerprint density at radius 1 is 1.38 bits per heavy atom. The van der Waals surface area contributed by atoms with Gasteiger partial charge in [0, 0.05) is 12.0 Å². The number of carbonyl (C=O) groups is 2. The van der Waals surface area contributed by atoms with Gasteiger partial charge in [0.1, 0.15) is 0 Å². The van der Waals surface area contributed by atoms with Gasteiger partial charge in [-0.1, -0.05) is 29.8 Å². The van der Waals surface area contributed by atoms with E-state index in [0.717, 1.165) is 6.42 Å². The molecule has 0 bridgehead atoms. The maximum absolute atomic E-state index is 11.5. The lowest BCUT2D eigenvalue weighted by Crippen LogP contribution is -2.20. The number of benzene rings is 1. The van der Waals surface area contributed by atoms with Crippen molar-refractivity contribution in [1.29, 1.82) is 0 Å². The van der Waals surface area contributed by atoms with Gasteiger partial charge in [-0.05, 0) is 18.9 Å². The Balaban J connectivity index is 1.67. The summed E-state index contributed by atoms with van der Waals surface area (Å²) >= 11 is 0. The molecule has 1 aliphatic carbocycles. The molecule has 6 nitrogen and oxygen atoms in total. The lowest BCUT2D eigenvalue weighted by atomic mass is 10.1. The number of carboxylic acid groups (broad SMARTS) is 1. The summed E-state index contributed by atoms with van der Waals surface area (Å²) in [6, 6.07) is 8.38. The molecule has 0 amide bonds. The topological polar surface area (TPSA) is 84.9 Å².